The van der Waals surface area contributed by atoms with Crippen molar-refractivity contribution in [3.05, 3.63) is 33.8 Å². The van der Waals surface area contributed by atoms with Crippen molar-refractivity contribution in [2.24, 2.45) is 0 Å². The summed E-state index contributed by atoms with van der Waals surface area (Å²) in [6.07, 6.45) is 0.112. The highest BCUT2D eigenvalue weighted by molar-refractivity contribution is 9.10. The van der Waals surface area contributed by atoms with Crippen LogP contribution >= 0.6 is 15.9 Å². The maximum Gasteiger partial charge on any atom is 0.123 e. The zero-order valence-corrected chi connectivity index (χ0v) is 12.3. The minimum absolute atomic E-state index is 0.737. The molecule has 1 fully saturated rings. The molecule has 1 aliphatic heterocycles. The van der Waals surface area contributed by atoms with Crippen LogP contribution in [0.25, 0.3) is 0 Å². The number of hydrogen-bond donors (Lipinski definition) is 1. The monoisotopic (exact) mass is 314 g/mol. The molecule has 0 saturated carbocycles. The minimum Gasteiger partial charge on any atom is -0.314 e. The molecule has 2 nitrogen and oxygen atoms in total. The fourth-order valence-electron chi connectivity index (χ4n) is 2.27. The third-order valence-electron chi connectivity index (χ3n) is 3.42. The van der Waals surface area contributed by atoms with Gasteiger partial charge in [0, 0.05) is 37.2 Å². The van der Waals surface area contributed by atoms with Gasteiger partial charge in [-0.15, -0.1) is 0 Å². The van der Waals surface area contributed by atoms with Crippen LogP contribution in [0.15, 0.2) is 22.7 Å². The summed E-state index contributed by atoms with van der Waals surface area (Å²) in [4.78, 5) is 2.47. The lowest BCUT2D eigenvalue weighted by Gasteiger charge is -2.27. The molecule has 4 heteroatoms. The predicted molar refractivity (Wildman–Crippen MR) is 76.7 cm³/mol. The van der Waals surface area contributed by atoms with Gasteiger partial charge in [-0.1, -0.05) is 28.1 Å². The van der Waals surface area contributed by atoms with Crippen molar-refractivity contribution in [3.8, 4) is 0 Å². The van der Waals surface area contributed by atoms with Crippen LogP contribution in [0.1, 0.15) is 24.2 Å². The van der Waals surface area contributed by atoms with Gasteiger partial charge in [0.25, 0.3) is 0 Å². The zero-order valence-electron chi connectivity index (χ0n) is 10.8. The van der Waals surface area contributed by atoms with Gasteiger partial charge < -0.3 is 10.2 Å². The number of benzene rings is 1. The van der Waals surface area contributed by atoms with Crippen molar-refractivity contribution in [2.75, 3.05) is 32.7 Å². The molecular formula is C14H20BrFN2. The van der Waals surface area contributed by atoms with E-state index in [9.17, 15) is 4.39 Å². The van der Waals surface area contributed by atoms with E-state index in [-0.39, 0.29) is 0 Å². The van der Waals surface area contributed by atoms with E-state index in [0.29, 0.717) is 0 Å². The maximum atomic E-state index is 13.3. The lowest BCUT2D eigenvalue weighted by molar-refractivity contribution is 0.244. The minimum atomic E-state index is -0.915. The summed E-state index contributed by atoms with van der Waals surface area (Å²) < 4.78 is 14.1. The van der Waals surface area contributed by atoms with Gasteiger partial charge in [0.2, 0.25) is 0 Å². The first-order valence-corrected chi connectivity index (χ1v) is 7.31. The fourth-order valence-corrected chi connectivity index (χ4v) is 3.01. The second-order valence-corrected chi connectivity index (χ2v) is 5.67. The molecule has 1 N–H and O–H groups in total. The first kappa shape index (κ1) is 14.0. The predicted octanol–water partition coefficient (Wildman–Crippen LogP) is 2.93. The largest absolute Gasteiger partial charge is 0.314 e. The molecule has 0 spiro atoms. The summed E-state index contributed by atoms with van der Waals surface area (Å²) in [5, 5.41) is 3.35. The third-order valence-corrected chi connectivity index (χ3v) is 4.11. The maximum absolute atomic E-state index is 13.3. The van der Waals surface area contributed by atoms with Crippen LogP contribution < -0.4 is 5.32 Å². The first-order chi connectivity index (χ1) is 8.66. The van der Waals surface area contributed by atoms with Gasteiger partial charge in [-0.3, -0.25) is 0 Å². The number of alkyl halides is 1. The number of hydrogen-bond acceptors (Lipinski definition) is 2. The van der Waals surface area contributed by atoms with Crippen LogP contribution in [-0.4, -0.2) is 37.6 Å². The Kier molecular flexibility index (Phi) is 5.15. The Bertz CT molecular complexity index is 389. The highest BCUT2D eigenvalue weighted by atomic mass is 79.9. The Hall–Kier alpha value is -0.450. The van der Waals surface area contributed by atoms with E-state index in [1.165, 1.54) is 5.56 Å². The van der Waals surface area contributed by atoms with Crippen molar-refractivity contribution in [1.82, 2.24) is 10.2 Å². The molecule has 0 radical (unpaired) electrons. The lowest BCUT2D eigenvalue weighted by atomic mass is 10.1. The first-order valence-electron chi connectivity index (χ1n) is 6.52. The van der Waals surface area contributed by atoms with Crippen LogP contribution in [-0.2, 0) is 6.42 Å². The molecule has 100 valence electrons. The van der Waals surface area contributed by atoms with Crippen LogP contribution in [0.4, 0.5) is 4.39 Å². The molecule has 1 aliphatic rings. The number of piperazine rings is 1. The van der Waals surface area contributed by atoms with Gasteiger partial charge in [0.15, 0.2) is 0 Å². The average Bonchev–Trinajstić information content (AvgIpc) is 2.37. The Labute approximate surface area is 117 Å². The van der Waals surface area contributed by atoms with Crippen molar-refractivity contribution < 1.29 is 4.39 Å². The number of halogens is 2. The van der Waals surface area contributed by atoms with Gasteiger partial charge in [0.1, 0.15) is 6.17 Å². The van der Waals surface area contributed by atoms with E-state index in [1.807, 2.05) is 18.2 Å². The van der Waals surface area contributed by atoms with E-state index in [0.717, 1.165) is 49.2 Å². The zero-order chi connectivity index (χ0) is 13.0. The van der Waals surface area contributed by atoms with Crippen LogP contribution in [0.3, 0.4) is 0 Å². The standard InChI is InChI=1S/C14H20BrFN2/c1-11(16)13-3-2-12(10-14(13)15)4-7-18-8-5-17-6-9-18/h2-3,10-11,17H,4-9H2,1H3. The molecule has 0 aliphatic carbocycles. The average molecular weight is 315 g/mol. The molecule has 1 saturated heterocycles. The lowest BCUT2D eigenvalue weighted by Crippen LogP contribution is -2.44. The van der Waals surface area contributed by atoms with Crippen LogP contribution in [0.2, 0.25) is 0 Å². The molecule has 2 rings (SSSR count). The Morgan fingerprint density at radius 1 is 1.39 bits per heavy atom. The second-order valence-electron chi connectivity index (χ2n) is 4.81. The number of nitrogens with zero attached hydrogens (tertiary/aromatic N) is 1. The molecule has 1 unspecified atom stereocenters. The molecule has 1 atom stereocenters. The summed E-state index contributed by atoms with van der Waals surface area (Å²) in [6, 6.07) is 5.98. The second kappa shape index (κ2) is 6.64. The summed E-state index contributed by atoms with van der Waals surface area (Å²) in [7, 11) is 0. The van der Waals surface area contributed by atoms with E-state index in [1.54, 1.807) is 6.92 Å². The van der Waals surface area contributed by atoms with E-state index < -0.39 is 6.17 Å². The smallest absolute Gasteiger partial charge is 0.123 e. The Morgan fingerprint density at radius 3 is 2.72 bits per heavy atom. The van der Waals surface area contributed by atoms with Gasteiger partial charge in [0.05, 0.1) is 0 Å². The van der Waals surface area contributed by atoms with E-state index in [2.05, 4.69) is 26.1 Å². The Balaban J connectivity index is 1.91. The molecule has 0 bridgehead atoms. The molecule has 1 heterocycles. The molecule has 1 aromatic rings. The van der Waals surface area contributed by atoms with Crippen molar-refractivity contribution >= 4 is 15.9 Å². The quantitative estimate of drug-likeness (QED) is 0.919. The number of nitrogens with one attached hydrogen (secondary N) is 1. The van der Waals surface area contributed by atoms with Crippen LogP contribution in [0, 0.1) is 0 Å². The normalized spacial score (nSPS) is 18.8. The van der Waals surface area contributed by atoms with Gasteiger partial charge in [-0.25, -0.2) is 4.39 Å². The van der Waals surface area contributed by atoms with Crippen molar-refractivity contribution in [3.63, 3.8) is 0 Å². The topological polar surface area (TPSA) is 15.3 Å². The van der Waals surface area contributed by atoms with E-state index >= 15 is 0 Å². The van der Waals surface area contributed by atoms with Gasteiger partial charge >= 0.3 is 0 Å². The highest BCUT2D eigenvalue weighted by Crippen LogP contribution is 2.26. The molecule has 18 heavy (non-hydrogen) atoms. The van der Waals surface area contributed by atoms with Crippen LogP contribution in [0.5, 0.6) is 0 Å². The summed E-state index contributed by atoms with van der Waals surface area (Å²) in [5.41, 5.74) is 2.01. The summed E-state index contributed by atoms with van der Waals surface area (Å²) in [6.45, 7) is 7.07. The Morgan fingerprint density at radius 2 is 2.11 bits per heavy atom. The SMILES string of the molecule is CC(F)c1ccc(CCN2CCNCC2)cc1Br. The molecule has 0 aromatic heterocycles. The molecular weight excluding hydrogens is 295 g/mol. The number of rotatable bonds is 4. The van der Waals surface area contributed by atoms with E-state index in [4.69, 9.17) is 0 Å². The van der Waals surface area contributed by atoms with Crippen molar-refractivity contribution in [1.29, 1.82) is 0 Å². The molecule has 1 aromatic carbocycles. The fraction of sp³-hybridized carbons (Fsp3) is 0.571. The third kappa shape index (κ3) is 3.77. The van der Waals surface area contributed by atoms with Gasteiger partial charge in [-0.2, -0.15) is 0 Å². The summed E-state index contributed by atoms with van der Waals surface area (Å²) >= 11 is 3.45. The van der Waals surface area contributed by atoms with Crippen molar-refractivity contribution in [2.45, 2.75) is 19.5 Å². The highest BCUT2D eigenvalue weighted by Gasteiger charge is 2.11. The summed E-state index contributed by atoms with van der Waals surface area (Å²) in [5.74, 6) is 0. The van der Waals surface area contributed by atoms with Gasteiger partial charge in [-0.05, 0) is 30.5 Å². The molecule has 0 amide bonds.